The minimum atomic E-state index is -0.993. The van der Waals surface area contributed by atoms with Crippen molar-refractivity contribution in [3.8, 4) is 0 Å². The largest absolute Gasteiger partial charge is 0.480 e. The van der Waals surface area contributed by atoms with Gasteiger partial charge in [0.1, 0.15) is 6.04 Å². The fourth-order valence-electron chi connectivity index (χ4n) is 2.57. The maximum absolute atomic E-state index is 12.3. The quantitative estimate of drug-likeness (QED) is 0.762. The molecule has 2 N–H and O–H groups in total. The zero-order valence-electron chi connectivity index (χ0n) is 12.7. The summed E-state index contributed by atoms with van der Waals surface area (Å²) in [6, 6.07) is -0.947. The summed E-state index contributed by atoms with van der Waals surface area (Å²) in [7, 11) is 0. The first-order valence-corrected chi connectivity index (χ1v) is 7.18. The predicted molar refractivity (Wildman–Crippen MR) is 78.6 cm³/mol. The highest BCUT2D eigenvalue weighted by atomic mass is 16.4. The van der Waals surface area contributed by atoms with Crippen molar-refractivity contribution < 1.29 is 14.7 Å². The third-order valence-corrected chi connectivity index (χ3v) is 3.72. The molecule has 5 heteroatoms. The molecule has 2 amide bonds. The van der Waals surface area contributed by atoms with Crippen LogP contribution in [0.15, 0.2) is 12.7 Å². The minimum absolute atomic E-state index is 0.197. The lowest BCUT2D eigenvalue weighted by molar-refractivity contribution is -0.142. The summed E-state index contributed by atoms with van der Waals surface area (Å²) < 4.78 is 0. The van der Waals surface area contributed by atoms with E-state index in [4.69, 9.17) is 0 Å². The van der Waals surface area contributed by atoms with Crippen molar-refractivity contribution in [3.05, 3.63) is 12.7 Å². The van der Waals surface area contributed by atoms with E-state index >= 15 is 0 Å². The van der Waals surface area contributed by atoms with Crippen molar-refractivity contribution in [1.29, 1.82) is 0 Å². The molecule has 1 aliphatic rings. The van der Waals surface area contributed by atoms with E-state index in [0.29, 0.717) is 6.54 Å². The van der Waals surface area contributed by atoms with Gasteiger partial charge in [0.2, 0.25) is 0 Å². The van der Waals surface area contributed by atoms with E-state index in [-0.39, 0.29) is 12.1 Å². The molecule has 5 nitrogen and oxygen atoms in total. The van der Waals surface area contributed by atoms with Crippen LogP contribution in [0.25, 0.3) is 0 Å². The number of rotatable bonds is 5. The number of carbonyl (C=O) groups excluding carboxylic acids is 1. The fraction of sp³-hybridized carbons (Fsp3) is 0.733. The van der Waals surface area contributed by atoms with Gasteiger partial charge in [-0.05, 0) is 31.1 Å². The number of nitrogens with one attached hydrogen (secondary N) is 1. The minimum Gasteiger partial charge on any atom is -0.480 e. The molecular weight excluding hydrogens is 256 g/mol. The molecule has 1 heterocycles. The lowest BCUT2D eigenvalue weighted by Gasteiger charge is -2.31. The molecule has 0 aromatic carbocycles. The number of carboxylic acids is 1. The van der Waals surface area contributed by atoms with Crippen LogP contribution in [0.4, 0.5) is 4.79 Å². The second kappa shape index (κ2) is 6.77. The molecule has 0 saturated carbocycles. The lowest BCUT2D eigenvalue weighted by atomic mass is 9.87. The van der Waals surface area contributed by atoms with Gasteiger partial charge in [0.05, 0.1) is 0 Å². The second-order valence-electron chi connectivity index (χ2n) is 6.44. The highest BCUT2D eigenvalue weighted by Gasteiger charge is 2.36. The number of likely N-dealkylation sites (tertiary alicyclic amines) is 1. The Morgan fingerprint density at radius 2 is 2.15 bits per heavy atom. The Kier molecular flexibility index (Phi) is 5.60. The maximum atomic E-state index is 12.3. The number of hydrogen-bond donors (Lipinski definition) is 2. The van der Waals surface area contributed by atoms with Crippen molar-refractivity contribution in [2.24, 2.45) is 5.41 Å². The number of aliphatic carboxylic acids is 1. The summed E-state index contributed by atoms with van der Waals surface area (Å²) in [5.74, 6) is -0.993. The van der Waals surface area contributed by atoms with Gasteiger partial charge in [-0.1, -0.05) is 26.8 Å². The van der Waals surface area contributed by atoms with Crippen molar-refractivity contribution in [3.63, 3.8) is 0 Å². The first kappa shape index (κ1) is 16.5. The van der Waals surface area contributed by atoms with E-state index < -0.39 is 17.4 Å². The molecule has 0 radical (unpaired) electrons. The Morgan fingerprint density at radius 1 is 1.50 bits per heavy atom. The Labute approximate surface area is 121 Å². The van der Waals surface area contributed by atoms with Gasteiger partial charge in [0.15, 0.2) is 0 Å². The van der Waals surface area contributed by atoms with Crippen LogP contribution >= 0.6 is 0 Å². The molecule has 0 spiro atoms. The highest BCUT2D eigenvalue weighted by Crippen LogP contribution is 2.24. The lowest BCUT2D eigenvalue weighted by Crippen LogP contribution is -2.54. The molecule has 1 fully saturated rings. The average Bonchev–Trinajstić information content (AvgIpc) is 2.79. The normalized spacial score (nSPS) is 20.6. The van der Waals surface area contributed by atoms with E-state index in [1.165, 1.54) is 0 Å². The van der Waals surface area contributed by atoms with Gasteiger partial charge in [-0.15, -0.1) is 6.58 Å². The molecule has 1 aliphatic heterocycles. The molecule has 0 aromatic heterocycles. The van der Waals surface area contributed by atoms with Gasteiger partial charge >= 0.3 is 12.0 Å². The van der Waals surface area contributed by atoms with Gasteiger partial charge < -0.3 is 15.3 Å². The molecule has 2 atom stereocenters. The van der Waals surface area contributed by atoms with Crippen LogP contribution in [-0.4, -0.2) is 40.6 Å². The smallest absolute Gasteiger partial charge is 0.326 e. The molecule has 1 rings (SSSR count). The van der Waals surface area contributed by atoms with Crippen LogP contribution in [0.1, 0.15) is 46.5 Å². The van der Waals surface area contributed by atoms with Crippen LogP contribution in [0.2, 0.25) is 0 Å². The molecule has 0 bridgehead atoms. The number of amides is 2. The highest BCUT2D eigenvalue weighted by molar-refractivity contribution is 5.83. The van der Waals surface area contributed by atoms with Gasteiger partial charge in [-0.2, -0.15) is 0 Å². The van der Waals surface area contributed by atoms with Gasteiger partial charge in [-0.3, -0.25) is 0 Å². The molecule has 20 heavy (non-hydrogen) atoms. The number of hydrogen-bond acceptors (Lipinski definition) is 2. The van der Waals surface area contributed by atoms with E-state index in [2.05, 4.69) is 11.9 Å². The number of carbonyl (C=O) groups is 2. The second-order valence-corrected chi connectivity index (χ2v) is 6.44. The molecule has 0 aromatic rings. The Morgan fingerprint density at radius 3 is 2.65 bits per heavy atom. The van der Waals surface area contributed by atoms with E-state index in [1.807, 2.05) is 26.8 Å². The summed E-state index contributed by atoms with van der Waals surface area (Å²) in [6.45, 7) is 9.83. The number of allylic oxidation sites excluding steroid dienone is 1. The van der Waals surface area contributed by atoms with Crippen LogP contribution in [0, 0.1) is 5.41 Å². The van der Waals surface area contributed by atoms with Crippen LogP contribution < -0.4 is 5.32 Å². The fourth-order valence-corrected chi connectivity index (χ4v) is 2.57. The van der Waals surface area contributed by atoms with Crippen molar-refractivity contribution >= 4 is 12.0 Å². The Bertz CT molecular complexity index is 374. The number of urea groups is 1. The van der Waals surface area contributed by atoms with Crippen molar-refractivity contribution in [2.45, 2.75) is 58.5 Å². The molecule has 114 valence electrons. The zero-order chi connectivity index (χ0) is 15.3. The van der Waals surface area contributed by atoms with Gasteiger partial charge in [-0.25, -0.2) is 9.59 Å². The summed E-state index contributed by atoms with van der Waals surface area (Å²) in [5.41, 5.74) is -0.516. The van der Waals surface area contributed by atoms with E-state index in [0.717, 1.165) is 25.7 Å². The van der Waals surface area contributed by atoms with E-state index in [9.17, 15) is 14.7 Å². The molecule has 1 saturated heterocycles. The van der Waals surface area contributed by atoms with Crippen molar-refractivity contribution in [1.82, 2.24) is 10.2 Å². The summed E-state index contributed by atoms with van der Waals surface area (Å²) in [5, 5.41) is 11.9. The third kappa shape index (κ3) is 4.25. The van der Waals surface area contributed by atoms with Crippen LogP contribution in [-0.2, 0) is 4.79 Å². The molecule has 1 unspecified atom stereocenters. The zero-order valence-corrected chi connectivity index (χ0v) is 12.7. The molecule has 0 aliphatic carbocycles. The third-order valence-electron chi connectivity index (χ3n) is 3.72. The molecular formula is C15H26N2O3. The van der Waals surface area contributed by atoms with Gasteiger partial charge in [0, 0.05) is 12.6 Å². The Hall–Kier alpha value is -1.52. The first-order valence-electron chi connectivity index (χ1n) is 7.18. The summed E-state index contributed by atoms with van der Waals surface area (Å²) >= 11 is 0. The predicted octanol–water partition coefficient (Wildman–Crippen LogP) is 2.63. The Balaban J connectivity index is 2.68. The SMILES string of the molecule is C=CCCC1CCCN1C(=O)N[C@H](C(=O)O)C(C)(C)C. The summed E-state index contributed by atoms with van der Waals surface area (Å²) in [4.78, 5) is 25.4. The monoisotopic (exact) mass is 282 g/mol. The summed E-state index contributed by atoms with van der Waals surface area (Å²) in [6.07, 6.45) is 5.57. The van der Waals surface area contributed by atoms with Crippen molar-refractivity contribution in [2.75, 3.05) is 6.54 Å². The van der Waals surface area contributed by atoms with Crippen LogP contribution in [0.5, 0.6) is 0 Å². The number of nitrogens with zero attached hydrogens (tertiary/aromatic N) is 1. The maximum Gasteiger partial charge on any atom is 0.326 e. The average molecular weight is 282 g/mol. The standard InChI is InChI=1S/C15H26N2O3/c1-5-6-8-11-9-7-10-17(11)14(20)16-12(13(18)19)15(2,3)4/h5,11-12H,1,6-10H2,2-4H3,(H,16,20)(H,18,19)/t11?,12-/m1/s1. The topological polar surface area (TPSA) is 69.6 Å². The van der Waals surface area contributed by atoms with Crippen LogP contribution in [0.3, 0.4) is 0 Å². The number of carboxylic acid groups (broad SMARTS) is 1. The first-order chi connectivity index (χ1) is 9.27. The van der Waals surface area contributed by atoms with Gasteiger partial charge in [0.25, 0.3) is 0 Å². The van der Waals surface area contributed by atoms with E-state index in [1.54, 1.807) is 4.90 Å².